The lowest BCUT2D eigenvalue weighted by Crippen LogP contribution is -2.18. The molecule has 1 N–H and O–H groups in total. The molecule has 0 aliphatic heterocycles. The van der Waals surface area contributed by atoms with Crippen LogP contribution in [0.3, 0.4) is 0 Å². The van der Waals surface area contributed by atoms with Gasteiger partial charge >= 0.3 is 0 Å². The first-order chi connectivity index (χ1) is 12.1. The summed E-state index contributed by atoms with van der Waals surface area (Å²) in [5.41, 5.74) is 2.97. The summed E-state index contributed by atoms with van der Waals surface area (Å²) in [6.45, 7) is 0. The summed E-state index contributed by atoms with van der Waals surface area (Å²) in [6, 6.07) is 10.7. The minimum absolute atomic E-state index is 0. The van der Waals surface area contributed by atoms with Crippen LogP contribution in [0.1, 0.15) is 5.56 Å². The molecule has 0 fully saturated rings. The molecule has 0 saturated carbocycles. The third-order valence-corrected chi connectivity index (χ3v) is 4.21. The van der Waals surface area contributed by atoms with E-state index in [4.69, 9.17) is 23.2 Å². The summed E-state index contributed by atoms with van der Waals surface area (Å²) in [7, 11) is 0. The number of hydrogen-bond acceptors (Lipinski definition) is 3. The highest BCUT2D eigenvalue weighted by Gasteiger charge is 2.18. The van der Waals surface area contributed by atoms with Crippen molar-refractivity contribution in [1.82, 2.24) is 14.5 Å². The largest absolute Gasteiger partial charge is 0.295 e. The molecule has 2 heterocycles. The maximum absolute atomic E-state index is 12.4. The monoisotopic (exact) mass is 406 g/mol. The summed E-state index contributed by atoms with van der Waals surface area (Å²) in [4.78, 5) is 21.2. The highest BCUT2D eigenvalue weighted by Crippen LogP contribution is 2.27. The maximum Gasteiger partial charge on any atom is 0.231 e. The molecule has 0 spiro atoms. The van der Waals surface area contributed by atoms with Crippen LogP contribution in [0.4, 0.5) is 5.95 Å². The van der Waals surface area contributed by atoms with Crippen molar-refractivity contribution in [2.75, 3.05) is 5.32 Å². The topological polar surface area (TPSA) is 59.8 Å². The van der Waals surface area contributed by atoms with Crippen LogP contribution in [-0.4, -0.2) is 20.4 Å². The van der Waals surface area contributed by atoms with Crippen molar-refractivity contribution < 1.29 is 4.79 Å². The Bertz CT molecular complexity index is 1060. The van der Waals surface area contributed by atoms with E-state index in [2.05, 4.69) is 15.3 Å². The van der Waals surface area contributed by atoms with Crippen LogP contribution in [0, 0.1) is 0 Å². The lowest BCUT2D eigenvalue weighted by Gasteiger charge is -2.13. The number of imidazole rings is 1. The minimum Gasteiger partial charge on any atom is -0.295 e. The second-order valence-electron chi connectivity index (χ2n) is 5.55. The zero-order valence-electron chi connectivity index (χ0n) is 13.3. The summed E-state index contributed by atoms with van der Waals surface area (Å²) < 4.78 is 1.77. The average Bonchev–Trinajstić information content (AvgIpc) is 2.83. The standard InChI is InChI=1S/C18H12Cl2N4O.ClH/c19-12-4-1-3-11(9-12)10-16(25)23-18-21-14-7-8-15(20)22-17(14)24(18)13-5-2-6-13;/h1-9H,10H2,(H,21,23,25);1H. The van der Waals surface area contributed by atoms with Gasteiger partial charge in [-0.2, -0.15) is 0 Å². The molecule has 3 aromatic rings. The molecular formula is C18H13Cl3N4O. The fourth-order valence-electron chi connectivity index (χ4n) is 2.60. The molecule has 8 heteroatoms. The van der Waals surface area contributed by atoms with Crippen LogP contribution < -0.4 is 5.32 Å². The highest BCUT2D eigenvalue weighted by molar-refractivity contribution is 6.30. The first-order valence-corrected chi connectivity index (χ1v) is 8.34. The third-order valence-electron chi connectivity index (χ3n) is 3.77. The van der Waals surface area contributed by atoms with Gasteiger partial charge in [-0.3, -0.25) is 14.7 Å². The van der Waals surface area contributed by atoms with Crippen molar-refractivity contribution in [3.63, 3.8) is 0 Å². The zero-order chi connectivity index (χ0) is 17.4. The maximum atomic E-state index is 12.4. The molecule has 5 nitrogen and oxygen atoms in total. The Balaban J connectivity index is 0.00000196. The van der Waals surface area contributed by atoms with E-state index in [1.54, 1.807) is 28.8 Å². The predicted octanol–water partition coefficient (Wildman–Crippen LogP) is 4.75. The van der Waals surface area contributed by atoms with Gasteiger partial charge in [-0.25, -0.2) is 9.97 Å². The van der Waals surface area contributed by atoms with E-state index < -0.39 is 0 Å². The number of amides is 1. The zero-order valence-corrected chi connectivity index (χ0v) is 15.6. The summed E-state index contributed by atoms with van der Waals surface area (Å²) in [5, 5.41) is 3.82. The second-order valence-corrected chi connectivity index (χ2v) is 6.38. The molecule has 1 aliphatic rings. The van der Waals surface area contributed by atoms with E-state index in [0.717, 1.165) is 11.3 Å². The van der Waals surface area contributed by atoms with Crippen molar-refractivity contribution in [2.45, 2.75) is 6.42 Å². The smallest absolute Gasteiger partial charge is 0.231 e. The molecule has 132 valence electrons. The fraction of sp³-hybridized carbons (Fsp3) is 0.0556. The Hall–Kier alpha value is -2.34. The molecule has 1 amide bonds. The summed E-state index contributed by atoms with van der Waals surface area (Å²) >= 11 is 12.0. The normalized spacial score (nSPS) is 12.3. The molecule has 1 aliphatic carbocycles. The van der Waals surface area contributed by atoms with E-state index in [0.29, 0.717) is 27.3 Å². The number of anilines is 1. The predicted molar refractivity (Wildman–Crippen MR) is 107 cm³/mol. The van der Waals surface area contributed by atoms with Gasteiger partial charge in [0.1, 0.15) is 10.7 Å². The van der Waals surface area contributed by atoms with E-state index in [-0.39, 0.29) is 24.7 Å². The lowest BCUT2D eigenvalue weighted by atomic mass is 10.1. The quantitative estimate of drug-likeness (QED) is 0.635. The Morgan fingerprint density at radius 1 is 1.15 bits per heavy atom. The number of aromatic nitrogens is 3. The van der Waals surface area contributed by atoms with Gasteiger partial charge in [0.2, 0.25) is 11.9 Å². The number of halogens is 3. The first-order valence-electron chi connectivity index (χ1n) is 7.58. The van der Waals surface area contributed by atoms with Crippen molar-refractivity contribution in [1.29, 1.82) is 0 Å². The van der Waals surface area contributed by atoms with E-state index in [9.17, 15) is 4.79 Å². The Morgan fingerprint density at radius 3 is 2.65 bits per heavy atom. The van der Waals surface area contributed by atoms with Gasteiger partial charge in [-0.05, 0) is 42.0 Å². The molecule has 0 atom stereocenters. The van der Waals surface area contributed by atoms with E-state index in [1.807, 2.05) is 30.4 Å². The number of fused-ring (bicyclic) bond motifs is 1. The minimum atomic E-state index is -0.186. The van der Waals surface area contributed by atoms with Gasteiger partial charge in [0, 0.05) is 5.02 Å². The molecule has 0 radical (unpaired) electrons. The lowest BCUT2D eigenvalue weighted by molar-refractivity contribution is -0.115. The molecule has 0 bridgehead atoms. The second kappa shape index (κ2) is 7.50. The number of nitrogens with zero attached hydrogens (tertiary/aromatic N) is 3. The van der Waals surface area contributed by atoms with Gasteiger partial charge in [0.05, 0.1) is 12.1 Å². The third kappa shape index (κ3) is 3.60. The van der Waals surface area contributed by atoms with E-state index >= 15 is 0 Å². The molecular weight excluding hydrogens is 395 g/mol. The number of allylic oxidation sites excluding steroid dienone is 4. The van der Waals surface area contributed by atoms with Gasteiger partial charge in [0.25, 0.3) is 0 Å². The van der Waals surface area contributed by atoms with Crippen LogP contribution in [0.2, 0.25) is 10.2 Å². The molecule has 0 saturated heterocycles. The van der Waals surface area contributed by atoms with Crippen molar-refractivity contribution in [2.24, 2.45) is 0 Å². The number of hydrogen-bond donors (Lipinski definition) is 1. The fourth-order valence-corrected chi connectivity index (χ4v) is 2.95. The van der Waals surface area contributed by atoms with E-state index in [1.165, 1.54) is 0 Å². The number of nitrogens with one attached hydrogen (secondary N) is 1. The van der Waals surface area contributed by atoms with Crippen LogP contribution >= 0.6 is 35.6 Å². The molecule has 0 unspecified atom stereocenters. The molecule has 26 heavy (non-hydrogen) atoms. The van der Waals surface area contributed by atoms with Gasteiger partial charge < -0.3 is 0 Å². The van der Waals surface area contributed by atoms with Crippen LogP contribution in [0.25, 0.3) is 16.9 Å². The van der Waals surface area contributed by atoms with Crippen molar-refractivity contribution >= 4 is 64.3 Å². The SMILES string of the molecule is Cl.O=C(Cc1cccc(Cl)c1)Nc1nc2ccc(Cl)nc2n1C1=CC=C1. The highest BCUT2D eigenvalue weighted by atomic mass is 35.5. The number of rotatable bonds is 4. The molecule has 2 aromatic heterocycles. The van der Waals surface area contributed by atoms with Crippen molar-refractivity contribution in [3.8, 4) is 0 Å². The van der Waals surface area contributed by atoms with Crippen LogP contribution in [0.15, 0.2) is 54.6 Å². The number of benzene rings is 1. The van der Waals surface area contributed by atoms with Crippen molar-refractivity contribution in [3.05, 3.63) is 70.4 Å². The number of pyridine rings is 1. The number of carbonyl (C=O) groups excluding carboxylic acids is 1. The Kier molecular flexibility index (Phi) is 5.32. The average molecular weight is 408 g/mol. The van der Waals surface area contributed by atoms with Gasteiger partial charge in [0.15, 0.2) is 5.65 Å². The van der Waals surface area contributed by atoms with Gasteiger partial charge in [-0.1, -0.05) is 41.4 Å². The molecule has 1 aromatic carbocycles. The summed E-state index contributed by atoms with van der Waals surface area (Å²) in [6.07, 6.45) is 5.93. The van der Waals surface area contributed by atoms with Crippen LogP contribution in [0.5, 0.6) is 0 Å². The van der Waals surface area contributed by atoms with Gasteiger partial charge in [-0.15, -0.1) is 12.4 Å². The Labute approximate surface area is 165 Å². The first kappa shape index (κ1) is 18.5. The van der Waals surface area contributed by atoms with Crippen LogP contribution in [-0.2, 0) is 11.2 Å². The molecule has 4 rings (SSSR count). The number of carbonyl (C=O) groups is 1. The Morgan fingerprint density at radius 2 is 1.96 bits per heavy atom. The summed E-state index contributed by atoms with van der Waals surface area (Å²) in [5.74, 6) is 0.223.